The Morgan fingerprint density at radius 1 is 0.417 bits per heavy atom. The number of hydrogen-bond donors (Lipinski definition) is 10. The van der Waals surface area contributed by atoms with E-state index >= 15 is 0 Å². The van der Waals surface area contributed by atoms with Crippen molar-refractivity contribution in [3.63, 3.8) is 0 Å². The number of nitrogens with two attached hydrogens (primary N) is 6. The number of aromatic nitrogens is 8. The molecule has 4 heterocycles. The van der Waals surface area contributed by atoms with Gasteiger partial charge in [0.2, 0.25) is 11.9 Å². The molecule has 4 fully saturated rings. The fourth-order valence-corrected chi connectivity index (χ4v) is 11.5. The minimum Gasteiger partial charge on any atom is -0.364 e. The summed E-state index contributed by atoms with van der Waals surface area (Å²) in [6, 6.07) is 41.1. The van der Waals surface area contributed by atoms with Crippen LogP contribution in [-0.2, 0) is 13.1 Å². The molecule has 448 valence electrons. The molecular formula is C66H94N18. The Labute approximate surface area is 497 Å². The lowest BCUT2D eigenvalue weighted by atomic mass is 9.91. The predicted molar refractivity (Wildman–Crippen MR) is 346 cm³/mol. The van der Waals surface area contributed by atoms with Crippen molar-refractivity contribution in [2.45, 2.75) is 204 Å². The zero-order chi connectivity index (χ0) is 59.0. The summed E-state index contributed by atoms with van der Waals surface area (Å²) in [5, 5.41) is 14.1. The lowest BCUT2D eigenvalue weighted by Crippen LogP contribution is -2.43. The first-order chi connectivity index (χ1) is 40.7. The van der Waals surface area contributed by atoms with Crippen molar-refractivity contribution in [1.29, 1.82) is 0 Å². The van der Waals surface area contributed by atoms with E-state index in [4.69, 9.17) is 54.3 Å². The summed E-state index contributed by atoms with van der Waals surface area (Å²) in [4.78, 5) is 28.6. The molecule has 0 amide bonds. The fraction of sp³-hybridized carbons (Fsp3) is 0.485. The first-order valence-electron chi connectivity index (χ1n) is 31.1. The molecule has 12 rings (SSSR count). The van der Waals surface area contributed by atoms with E-state index in [0.717, 1.165) is 111 Å². The van der Waals surface area contributed by atoms with Crippen molar-refractivity contribution in [3.05, 3.63) is 133 Å². The Morgan fingerprint density at radius 3 is 1.18 bits per heavy atom. The monoisotopic (exact) mass is 1140 g/mol. The van der Waals surface area contributed by atoms with Crippen molar-refractivity contribution < 1.29 is 0 Å². The Bertz CT molecular complexity index is 3200. The third-order valence-corrected chi connectivity index (χ3v) is 16.9. The second-order valence-corrected chi connectivity index (χ2v) is 24.2. The minimum atomic E-state index is 0.127. The van der Waals surface area contributed by atoms with E-state index < -0.39 is 0 Å². The summed E-state index contributed by atoms with van der Waals surface area (Å²) >= 11 is 0. The SMILES string of the molecule is CC(C)n1cnc2c(NCc3ccc(-c4ccccc4)cc3)nc(NC3CCC(N)CC3)nc21.CC(C)n1cnc2c(NCc3ccc(-c4ccccc4)cc3)nc(N[C@@H]3CCCC[C@@H]3N)nc21.NC1CCC(N)CC1.N[C@@H]1CCCC[C@@H]1N. The standard InChI is InChI=1S/2C27H33N7.2C6H14N2/c1-18(2)34-17-30-24-25(32-27(33-26(24)34)31-23-11-7-6-10-22(23)28)29-16-19-12-14-21(15-13-19)20-8-4-3-5-9-20;1-18(2)34-17-30-24-25(32-27(33-26(24)34)31-23-14-12-22(28)13-15-23)29-16-19-8-10-21(11-9-19)20-6-4-3-5-7-20;7-5-1-2-6(8)4-3-5;7-5-3-1-2-4-6(5)8/h3-5,8-9,12-15,17-18,22-23H,6-7,10-11,16,28H2,1-2H3,(H2,29,31,32,33);3-11,17-18,22-23H,12-16,28H2,1-2H3,(H2,29,31,32,33);2*5-6H,1-4,7-8H2/t22-,23+;;;5-,6+/m0.../s1. The van der Waals surface area contributed by atoms with Gasteiger partial charge >= 0.3 is 0 Å². The molecule has 0 radical (unpaired) electrons. The molecule has 18 nitrogen and oxygen atoms in total. The van der Waals surface area contributed by atoms with E-state index in [-0.39, 0.29) is 36.3 Å². The summed E-state index contributed by atoms with van der Waals surface area (Å²) < 4.78 is 4.18. The third-order valence-electron chi connectivity index (χ3n) is 16.9. The number of nitrogens with one attached hydrogen (secondary N) is 4. The lowest BCUT2D eigenvalue weighted by Gasteiger charge is -2.29. The van der Waals surface area contributed by atoms with Gasteiger partial charge in [-0.3, -0.25) is 0 Å². The molecule has 4 aromatic carbocycles. The molecule has 4 aliphatic carbocycles. The minimum absolute atomic E-state index is 0.127. The number of benzene rings is 4. The molecule has 0 aliphatic heterocycles. The molecule has 16 N–H and O–H groups in total. The summed E-state index contributed by atoms with van der Waals surface area (Å²) in [5.74, 6) is 2.76. The average molecular weight is 1140 g/mol. The zero-order valence-electron chi connectivity index (χ0n) is 50.1. The van der Waals surface area contributed by atoms with Crippen LogP contribution in [0.15, 0.2) is 122 Å². The molecule has 84 heavy (non-hydrogen) atoms. The topological polar surface area (TPSA) is 291 Å². The summed E-state index contributed by atoms with van der Waals surface area (Å²) in [6.45, 7) is 9.86. The molecule has 4 aliphatic rings. The number of nitrogens with zero attached hydrogens (tertiary/aromatic N) is 8. The predicted octanol–water partition coefficient (Wildman–Crippen LogP) is 11.2. The van der Waals surface area contributed by atoms with Crippen LogP contribution in [-0.4, -0.2) is 87.4 Å². The van der Waals surface area contributed by atoms with Crippen LogP contribution in [0.4, 0.5) is 23.5 Å². The molecule has 0 unspecified atom stereocenters. The second kappa shape index (κ2) is 30.1. The van der Waals surface area contributed by atoms with E-state index in [1.807, 2.05) is 24.8 Å². The molecule has 0 saturated heterocycles. The van der Waals surface area contributed by atoms with Gasteiger partial charge in [0.1, 0.15) is 0 Å². The Balaban J connectivity index is 0.000000159. The number of rotatable bonds is 14. The normalized spacial score (nSPS) is 22.4. The van der Waals surface area contributed by atoms with Gasteiger partial charge in [-0.1, -0.05) is 135 Å². The zero-order valence-corrected chi connectivity index (χ0v) is 50.1. The highest BCUT2D eigenvalue weighted by Gasteiger charge is 2.25. The molecule has 8 aromatic rings. The molecule has 4 aromatic heterocycles. The number of hydrogen-bond acceptors (Lipinski definition) is 16. The highest BCUT2D eigenvalue weighted by molar-refractivity contribution is 5.85. The fourth-order valence-electron chi connectivity index (χ4n) is 11.5. The smallest absolute Gasteiger partial charge is 0.227 e. The maximum absolute atomic E-state index is 6.37. The van der Waals surface area contributed by atoms with Crippen LogP contribution >= 0.6 is 0 Å². The van der Waals surface area contributed by atoms with Crippen LogP contribution in [0.25, 0.3) is 44.6 Å². The Hall–Kier alpha value is -7.06. The van der Waals surface area contributed by atoms with Crippen LogP contribution in [0.3, 0.4) is 0 Å². The van der Waals surface area contributed by atoms with Gasteiger partial charge < -0.3 is 64.8 Å². The van der Waals surface area contributed by atoms with Gasteiger partial charge in [0.15, 0.2) is 34.0 Å². The highest BCUT2D eigenvalue weighted by Crippen LogP contribution is 2.30. The van der Waals surface area contributed by atoms with Gasteiger partial charge in [0.25, 0.3) is 0 Å². The second-order valence-electron chi connectivity index (χ2n) is 24.2. The van der Waals surface area contributed by atoms with Gasteiger partial charge in [-0.05, 0) is 138 Å². The van der Waals surface area contributed by atoms with Crippen molar-refractivity contribution in [2.24, 2.45) is 34.4 Å². The first kappa shape index (κ1) is 61.5. The molecule has 0 bridgehead atoms. The Kier molecular flexibility index (Phi) is 22.1. The molecular weight excluding hydrogens is 1040 g/mol. The van der Waals surface area contributed by atoms with Crippen molar-refractivity contribution in [1.82, 2.24) is 39.0 Å². The maximum atomic E-state index is 6.37. The van der Waals surface area contributed by atoms with E-state index in [0.29, 0.717) is 49.2 Å². The number of anilines is 4. The van der Waals surface area contributed by atoms with Crippen molar-refractivity contribution in [2.75, 3.05) is 21.3 Å². The molecule has 4 saturated carbocycles. The Morgan fingerprint density at radius 2 is 0.786 bits per heavy atom. The van der Waals surface area contributed by atoms with Crippen LogP contribution < -0.4 is 55.7 Å². The maximum Gasteiger partial charge on any atom is 0.227 e. The van der Waals surface area contributed by atoms with Gasteiger partial charge in [0, 0.05) is 73.5 Å². The quantitative estimate of drug-likeness (QED) is 0.0484. The van der Waals surface area contributed by atoms with Gasteiger partial charge in [-0.2, -0.15) is 19.9 Å². The summed E-state index contributed by atoms with van der Waals surface area (Å²) in [7, 11) is 0. The van der Waals surface area contributed by atoms with Gasteiger partial charge in [-0.25, -0.2) is 9.97 Å². The van der Waals surface area contributed by atoms with E-state index in [1.54, 1.807) is 0 Å². The lowest BCUT2D eigenvalue weighted by molar-refractivity contribution is 0.385. The van der Waals surface area contributed by atoms with E-state index in [2.05, 4.69) is 165 Å². The summed E-state index contributed by atoms with van der Waals surface area (Å²) in [5.41, 5.74) is 45.5. The molecule has 0 spiro atoms. The molecule has 18 heteroatoms. The number of imidazole rings is 2. The number of fused-ring (bicyclic) bond motifs is 2. The molecule has 4 atom stereocenters. The van der Waals surface area contributed by atoms with Crippen LogP contribution in [0.2, 0.25) is 0 Å². The van der Waals surface area contributed by atoms with Crippen molar-refractivity contribution >= 4 is 45.9 Å². The van der Waals surface area contributed by atoms with Crippen LogP contribution in [0.5, 0.6) is 0 Å². The first-order valence-corrected chi connectivity index (χ1v) is 31.1. The third kappa shape index (κ3) is 17.1. The van der Waals surface area contributed by atoms with Gasteiger partial charge in [-0.15, -0.1) is 0 Å². The van der Waals surface area contributed by atoms with Crippen LogP contribution in [0, 0.1) is 0 Å². The van der Waals surface area contributed by atoms with E-state index in [1.165, 1.54) is 59.1 Å². The largest absolute Gasteiger partial charge is 0.364 e. The van der Waals surface area contributed by atoms with E-state index in [9.17, 15) is 0 Å². The highest BCUT2D eigenvalue weighted by atomic mass is 15.2. The van der Waals surface area contributed by atoms with Crippen LogP contribution in [0.1, 0.15) is 154 Å². The van der Waals surface area contributed by atoms with Crippen molar-refractivity contribution in [3.8, 4) is 22.3 Å². The summed E-state index contributed by atoms with van der Waals surface area (Å²) in [6.07, 6.45) is 21.6. The van der Waals surface area contributed by atoms with Gasteiger partial charge in [0.05, 0.1) is 12.7 Å². The average Bonchev–Trinajstić information content (AvgIpc) is 4.07.